The van der Waals surface area contributed by atoms with Gasteiger partial charge in [0.2, 0.25) is 0 Å². The predicted octanol–water partition coefficient (Wildman–Crippen LogP) is 14.2. The zero-order valence-electron chi connectivity index (χ0n) is 27.9. The van der Waals surface area contributed by atoms with Gasteiger partial charge >= 0.3 is 0 Å². The van der Waals surface area contributed by atoms with E-state index in [1.807, 2.05) is 36.4 Å². The van der Waals surface area contributed by atoms with E-state index in [0.29, 0.717) is 0 Å². The Bertz CT molecular complexity index is 2970. The lowest BCUT2D eigenvalue weighted by molar-refractivity contribution is 0.668. The zero-order chi connectivity index (χ0) is 34.2. The number of furan rings is 3. The summed E-state index contributed by atoms with van der Waals surface area (Å²) < 4.78 is 18.5. The number of rotatable bonds is 5. The molecule has 0 saturated carbocycles. The summed E-state index contributed by atoms with van der Waals surface area (Å²) in [6.07, 6.45) is 0. The molecule has 11 aromatic rings. The smallest absolute Gasteiger partial charge is 0.137 e. The van der Waals surface area contributed by atoms with Gasteiger partial charge < -0.3 is 18.2 Å². The summed E-state index contributed by atoms with van der Waals surface area (Å²) in [6, 6.07) is 61.6. The molecule has 0 aliphatic rings. The molecule has 0 aliphatic carbocycles. The summed E-state index contributed by atoms with van der Waals surface area (Å²) in [5, 5.41) is 6.73. The Balaban J connectivity index is 1.00. The van der Waals surface area contributed by atoms with Crippen molar-refractivity contribution >= 4 is 82.9 Å². The van der Waals surface area contributed by atoms with E-state index in [9.17, 15) is 0 Å². The van der Waals surface area contributed by atoms with E-state index in [1.165, 1.54) is 0 Å². The van der Waals surface area contributed by atoms with Gasteiger partial charge in [-0.3, -0.25) is 0 Å². The molecule has 0 radical (unpaired) electrons. The van der Waals surface area contributed by atoms with Gasteiger partial charge in [0.05, 0.1) is 0 Å². The molecule has 3 aromatic heterocycles. The molecule has 52 heavy (non-hydrogen) atoms. The first-order valence-electron chi connectivity index (χ1n) is 17.5. The minimum absolute atomic E-state index is 0.859. The van der Waals surface area contributed by atoms with Crippen molar-refractivity contribution < 1.29 is 13.3 Å². The Morgan fingerprint density at radius 2 is 0.615 bits per heavy atom. The highest BCUT2D eigenvalue weighted by molar-refractivity contribution is 6.08. The van der Waals surface area contributed by atoms with E-state index in [-0.39, 0.29) is 0 Å². The number of anilines is 3. The minimum Gasteiger partial charge on any atom is -0.456 e. The largest absolute Gasteiger partial charge is 0.456 e. The second-order valence-electron chi connectivity index (χ2n) is 13.3. The van der Waals surface area contributed by atoms with Gasteiger partial charge in [0.1, 0.15) is 33.5 Å². The van der Waals surface area contributed by atoms with Crippen molar-refractivity contribution in [2.24, 2.45) is 0 Å². The third-order valence-corrected chi connectivity index (χ3v) is 10.3. The average Bonchev–Trinajstić information content (AvgIpc) is 3.89. The molecule has 0 bridgehead atoms. The lowest BCUT2D eigenvalue weighted by Gasteiger charge is -2.26. The quantitative estimate of drug-likeness (QED) is 0.183. The predicted molar refractivity (Wildman–Crippen MR) is 214 cm³/mol. The van der Waals surface area contributed by atoms with Crippen LogP contribution in [0, 0.1) is 0 Å². The van der Waals surface area contributed by atoms with Crippen LogP contribution < -0.4 is 4.90 Å². The van der Waals surface area contributed by atoms with Crippen molar-refractivity contribution in [2.75, 3.05) is 4.90 Å². The van der Waals surface area contributed by atoms with Crippen LogP contribution in [-0.4, -0.2) is 0 Å². The maximum Gasteiger partial charge on any atom is 0.137 e. The van der Waals surface area contributed by atoms with Crippen molar-refractivity contribution in [3.8, 4) is 22.3 Å². The summed E-state index contributed by atoms with van der Waals surface area (Å²) in [5.74, 6) is 0. The Hall–Kier alpha value is -7.04. The van der Waals surface area contributed by atoms with E-state index in [1.54, 1.807) is 0 Å². The number of hydrogen-bond acceptors (Lipinski definition) is 4. The van der Waals surface area contributed by atoms with E-state index in [0.717, 1.165) is 105 Å². The van der Waals surface area contributed by atoms with Crippen molar-refractivity contribution in [1.82, 2.24) is 0 Å². The van der Waals surface area contributed by atoms with Crippen molar-refractivity contribution in [2.45, 2.75) is 0 Å². The van der Waals surface area contributed by atoms with Gasteiger partial charge in [-0.15, -0.1) is 0 Å². The van der Waals surface area contributed by atoms with Crippen molar-refractivity contribution in [3.63, 3.8) is 0 Å². The fourth-order valence-corrected chi connectivity index (χ4v) is 7.72. The monoisotopic (exact) mass is 667 g/mol. The summed E-state index contributed by atoms with van der Waals surface area (Å²) in [5.41, 5.74) is 13.0. The number of para-hydroxylation sites is 3. The van der Waals surface area contributed by atoms with Crippen LogP contribution >= 0.6 is 0 Å². The van der Waals surface area contributed by atoms with E-state index in [4.69, 9.17) is 13.3 Å². The molecule has 4 nitrogen and oxygen atoms in total. The number of benzene rings is 8. The molecular weight excluding hydrogens is 639 g/mol. The number of fused-ring (bicyclic) bond motifs is 9. The van der Waals surface area contributed by atoms with Crippen LogP contribution in [0.3, 0.4) is 0 Å². The fourth-order valence-electron chi connectivity index (χ4n) is 7.72. The van der Waals surface area contributed by atoms with Gasteiger partial charge in [-0.1, -0.05) is 91.0 Å². The number of hydrogen-bond donors (Lipinski definition) is 0. The van der Waals surface area contributed by atoms with Crippen molar-refractivity contribution in [1.29, 1.82) is 0 Å². The molecule has 0 atom stereocenters. The molecule has 0 spiro atoms. The van der Waals surface area contributed by atoms with E-state index < -0.39 is 0 Å². The average molecular weight is 668 g/mol. The van der Waals surface area contributed by atoms with Crippen LogP contribution in [0.1, 0.15) is 0 Å². The third kappa shape index (κ3) is 4.55. The Morgan fingerprint density at radius 3 is 1.12 bits per heavy atom. The van der Waals surface area contributed by atoms with Crippen LogP contribution in [-0.2, 0) is 0 Å². The van der Waals surface area contributed by atoms with Crippen LogP contribution in [0.25, 0.3) is 88.1 Å². The van der Waals surface area contributed by atoms with Gasteiger partial charge in [-0.2, -0.15) is 0 Å². The highest BCUT2D eigenvalue weighted by Crippen LogP contribution is 2.41. The lowest BCUT2D eigenvalue weighted by atomic mass is 10.0. The SMILES string of the molecule is c1ccc2c(c1)oc1cc(N(c3ccc(-c4ccc5oc6ccccc6c5c4)cc3)c3ccc(-c4ccc5oc6ccccc6c5c4)cc3)ccc12. The normalized spacial score (nSPS) is 11.8. The Kier molecular flexibility index (Phi) is 6.22. The van der Waals surface area contributed by atoms with Gasteiger partial charge in [0, 0.05) is 55.4 Å². The van der Waals surface area contributed by atoms with Crippen LogP contribution in [0.15, 0.2) is 189 Å². The molecule has 0 unspecified atom stereocenters. The van der Waals surface area contributed by atoms with Crippen LogP contribution in [0.2, 0.25) is 0 Å². The van der Waals surface area contributed by atoms with Crippen LogP contribution in [0.5, 0.6) is 0 Å². The molecule has 0 fully saturated rings. The molecule has 0 saturated heterocycles. The Morgan fingerprint density at radius 1 is 0.250 bits per heavy atom. The highest BCUT2D eigenvalue weighted by Gasteiger charge is 2.17. The Labute approximate surface area is 298 Å². The fraction of sp³-hybridized carbons (Fsp3) is 0. The van der Waals surface area contributed by atoms with E-state index in [2.05, 4.69) is 144 Å². The van der Waals surface area contributed by atoms with E-state index >= 15 is 0 Å². The molecule has 244 valence electrons. The molecule has 8 aromatic carbocycles. The van der Waals surface area contributed by atoms with Gasteiger partial charge in [0.25, 0.3) is 0 Å². The molecular formula is C48H29NO3. The molecule has 11 rings (SSSR count). The molecule has 0 aliphatic heterocycles. The lowest BCUT2D eigenvalue weighted by Crippen LogP contribution is -2.09. The first kappa shape index (κ1) is 28.8. The summed E-state index contributed by atoms with van der Waals surface area (Å²) >= 11 is 0. The first-order valence-corrected chi connectivity index (χ1v) is 17.5. The minimum atomic E-state index is 0.859. The number of nitrogens with zero attached hydrogens (tertiary/aromatic N) is 1. The second kappa shape index (κ2) is 11.2. The topological polar surface area (TPSA) is 42.7 Å². The molecule has 3 heterocycles. The summed E-state index contributed by atoms with van der Waals surface area (Å²) in [4.78, 5) is 2.29. The van der Waals surface area contributed by atoms with Gasteiger partial charge in [-0.25, -0.2) is 0 Å². The first-order chi connectivity index (χ1) is 25.7. The van der Waals surface area contributed by atoms with Gasteiger partial charge in [-0.05, 0) is 101 Å². The zero-order valence-corrected chi connectivity index (χ0v) is 27.9. The highest BCUT2D eigenvalue weighted by atomic mass is 16.3. The maximum atomic E-state index is 6.34. The standard InChI is InChI=1S/C48H29NO3/c1-4-10-43-37(7-1)40-24-23-36(29-48(40)52-43)49(34-19-13-30(14-20-34)32-17-25-46-41(27-32)38-8-2-5-11-44(38)50-46)35-21-15-31(16-22-35)33-18-26-47-42(28-33)39-9-3-6-12-45(39)51-47/h1-29H. The molecule has 0 N–H and O–H groups in total. The summed E-state index contributed by atoms with van der Waals surface area (Å²) in [6.45, 7) is 0. The molecule has 4 heteroatoms. The van der Waals surface area contributed by atoms with Gasteiger partial charge in [0.15, 0.2) is 0 Å². The second-order valence-corrected chi connectivity index (χ2v) is 13.3. The molecule has 0 amide bonds. The summed E-state index contributed by atoms with van der Waals surface area (Å²) in [7, 11) is 0. The van der Waals surface area contributed by atoms with Crippen molar-refractivity contribution in [3.05, 3.63) is 176 Å². The maximum absolute atomic E-state index is 6.34. The third-order valence-electron chi connectivity index (χ3n) is 10.3. The van der Waals surface area contributed by atoms with Crippen LogP contribution in [0.4, 0.5) is 17.1 Å².